The largest absolute Gasteiger partial charge is 0.302 e. The van der Waals surface area contributed by atoms with Gasteiger partial charge in [0.05, 0.1) is 17.8 Å². The van der Waals surface area contributed by atoms with Gasteiger partial charge in [-0.3, -0.25) is 9.78 Å². The monoisotopic (exact) mass is 395 g/mol. The molecule has 0 radical (unpaired) electrons. The van der Waals surface area contributed by atoms with E-state index in [1.807, 2.05) is 22.9 Å². The Balaban J connectivity index is 1.35. The van der Waals surface area contributed by atoms with Crippen LogP contribution in [-0.2, 0) is 11.2 Å². The smallest absolute Gasteiger partial charge is 0.232 e. The Hall–Kier alpha value is -3.24. The number of thiazole rings is 2. The molecule has 1 amide bonds. The van der Waals surface area contributed by atoms with Gasteiger partial charge in [0, 0.05) is 41.1 Å². The molecular formula is C17H13N7OS2. The molecule has 8 nitrogen and oxygen atoms in total. The molecule has 27 heavy (non-hydrogen) atoms. The Labute approximate surface area is 162 Å². The third-order valence-electron chi connectivity index (χ3n) is 3.39. The highest BCUT2D eigenvalue weighted by atomic mass is 32.1. The van der Waals surface area contributed by atoms with Crippen LogP contribution in [0.5, 0.6) is 0 Å². The third-order valence-corrected chi connectivity index (χ3v) is 4.95. The highest BCUT2D eigenvalue weighted by Gasteiger charge is 2.11. The molecule has 0 atom stereocenters. The number of nitrogens with one attached hydrogen (secondary N) is 2. The van der Waals surface area contributed by atoms with Gasteiger partial charge < -0.3 is 10.6 Å². The van der Waals surface area contributed by atoms with Crippen LogP contribution < -0.4 is 10.6 Å². The van der Waals surface area contributed by atoms with Gasteiger partial charge in [0.25, 0.3) is 0 Å². The number of pyridine rings is 1. The quantitative estimate of drug-likeness (QED) is 0.515. The normalized spacial score (nSPS) is 10.5. The van der Waals surface area contributed by atoms with Crippen LogP contribution in [0, 0.1) is 0 Å². The Morgan fingerprint density at radius 1 is 1.00 bits per heavy atom. The molecule has 4 aromatic heterocycles. The maximum Gasteiger partial charge on any atom is 0.232 e. The Morgan fingerprint density at radius 3 is 2.67 bits per heavy atom. The van der Waals surface area contributed by atoms with Crippen molar-refractivity contribution in [3.8, 4) is 11.3 Å². The minimum atomic E-state index is -0.171. The van der Waals surface area contributed by atoms with E-state index < -0.39 is 0 Å². The molecule has 4 aromatic rings. The lowest BCUT2D eigenvalue weighted by molar-refractivity contribution is -0.115. The molecule has 4 heterocycles. The zero-order valence-corrected chi connectivity index (χ0v) is 15.5. The molecule has 0 saturated carbocycles. The fourth-order valence-corrected chi connectivity index (χ4v) is 3.65. The number of hydrogen-bond acceptors (Lipinski definition) is 9. The number of carbonyl (C=O) groups is 1. The summed E-state index contributed by atoms with van der Waals surface area (Å²) in [5, 5.41) is 10.7. The first-order valence-corrected chi connectivity index (χ1v) is 9.66. The maximum absolute atomic E-state index is 12.3. The van der Waals surface area contributed by atoms with Crippen molar-refractivity contribution in [3.63, 3.8) is 0 Å². The van der Waals surface area contributed by atoms with Crippen LogP contribution in [0.25, 0.3) is 11.3 Å². The van der Waals surface area contributed by atoms with Crippen LogP contribution in [0.3, 0.4) is 0 Å². The molecule has 0 bridgehead atoms. The third kappa shape index (κ3) is 4.49. The summed E-state index contributed by atoms with van der Waals surface area (Å²) in [5.41, 5.74) is 2.36. The fourth-order valence-electron chi connectivity index (χ4n) is 2.21. The van der Waals surface area contributed by atoms with E-state index in [1.54, 1.807) is 30.9 Å². The van der Waals surface area contributed by atoms with Crippen molar-refractivity contribution in [2.45, 2.75) is 6.42 Å². The van der Waals surface area contributed by atoms with Crippen molar-refractivity contribution in [3.05, 3.63) is 59.4 Å². The number of aromatic nitrogens is 5. The lowest BCUT2D eigenvalue weighted by Gasteiger charge is -2.00. The first-order valence-electron chi connectivity index (χ1n) is 7.90. The molecule has 0 aromatic carbocycles. The second-order valence-corrected chi connectivity index (χ2v) is 7.06. The zero-order chi connectivity index (χ0) is 18.5. The SMILES string of the molecule is O=C(Cc1csc(Nc2ncccn2)n1)Nc1nc(-c2cccnc2)cs1. The zero-order valence-electron chi connectivity index (χ0n) is 13.9. The van der Waals surface area contributed by atoms with E-state index in [1.165, 1.54) is 22.7 Å². The van der Waals surface area contributed by atoms with Crippen LogP contribution in [0.15, 0.2) is 53.7 Å². The summed E-state index contributed by atoms with van der Waals surface area (Å²) >= 11 is 2.76. The van der Waals surface area contributed by atoms with E-state index in [9.17, 15) is 4.79 Å². The van der Waals surface area contributed by atoms with E-state index >= 15 is 0 Å². The Kier molecular flexibility index (Phi) is 5.08. The van der Waals surface area contributed by atoms with Crippen LogP contribution in [0.1, 0.15) is 5.69 Å². The Morgan fingerprint density at radius 2 is 1.85 bits per heavy atom. The number of rotatable bonds is 6. The standard InChI is InChI=1S/C17H13N7OS2/c25-14(23-17-22-13(10-27-17)11-3-1-4-18-8-11)7-12-9-26-16(21-12)24-15-19-5-2-6-20-15/h1-6,8-10H,7H2,(H,22,23,25)(H,19,20,21,24). The van der Waals surface area contributed by atoms with Crippen molar-refractivity contribution in [1.29, 1.82) is 0 Å². The number of nitrogens with zero attached hydrogens (tertiary/aromatic N) is 5. The number of carbonyl (C=O) groups excluding carboxylic acids is 1. The molecule has 2 N–H and O–H groups in total. The first kappa shape index (κ1) is 17.2. The summed E-state index contributed by atoms with van der Waals surface area (Å²) in [6.45, 7) is 0. The van der Waals surface area contributed by atoms with E-state index in [4.69, 9.17) is 0 Å². The van der Waals surface area contributed by atoms with Crippen molar-refractivity contribution in [2.75, 3.05) is 10.6 Å². The molecule has 134 valence electrons. The van der Waals surface area contributed by atoms with Crippen LogP contribution in [-0.4, -0.2) is 30.8 Å². The van der Waals surface area contributed by atoms with E-state index in [0.29, 0.717) is 21.9 Å². The van der Waals surface area contributed by atoms with Gasteiger partial charge in [-0.15, -0.1) is 22.7 Å². The molecule has 10 heteroatoms. The molecular weight excluding hydrogens is 382 g/mol. The van der Waals surface area contributed by atoms with Crippen LogP contribution in [0.2, 0.25) is 0 Å². The summed E-state index contributed by atoms with van der Waals surface area (Å²) in [5.74, 6) is 0.295. The van der Waals surface area contributed by atoms with Gasteiger partial charge in [0.15, 0.2) is 10.3 Å². The lowest BCUT2D eigenvalue weighted by atomic mass is 10.2. The fraction of sp³-hybridized carbons (Fsp3) is 0.0588. The molecule has 0 spiro atoms. The van der Waals surface area contributed by atoms with Crippen molar-refractivity contribution < 1.29 is 4.79 Å². The summed E-state index contributed by atoms with van der Waals surface area (Å²) in [4.78, 5) is 33.3. The van der Waals surface area contributed by atoms with Gasteiger partial charge in [-0.05, 0) is 18.2 Å². The number of amides is 1. The summed E-state index contributed by atoms with van der Waals surface area (Å²) in [7, 11) is 0. The molecule has 0 saturated heterocycles. The van der Waals surface area contributed by atoms with Gasteiger partial charge in [0.2, 0.25) is 11.9 Å². The van der Waals surface area contributed by atoms with Gasteiger partial charge in [-0.2, -0.15) is 0 Å². The first-order chi connectivity index (χ1) is 13.3. The van der Waals surface area contributed by atoms with Gasteiger partial charge in [-0.25, -0.2) is 19.9 Å². The summed E-state index contributed by atoms with van der Waals surface area (Å²) in [6, 6.07) is 5.51. The van der Waals surface area contributed by atoms with Crippen LogP contribution >= 0.6 is 22.7 Å². The molecule has 0 aliphatic carbocycles. The highest BCUT2D eigenvalue weighted by molar-refractivity contribution is 7.14. The molecule has 0 aliphatic heterocycles. The maximum atomic E-state index is 12.3. The summed E-state index contributed by atoms with van der Waals surface area (Å²) < 4.78 is 0. The minimum absolute atomic E-state index is 0.162. The van der Waals surface area contributed by atoms with Gasteiger partial charge >= 0.3 is 0 Å². The Bertz CT molecular complexity index is 1030. The summed E-state index contributed by atoms with van der Waals surface area (Å²) in [6.07, 6.45) is 6.90. The lowest BCUT2D eigenvalue weighted by Crippen LogP contribution is -2.14. The second-order valence-electron chi connectivity index (χ2n) is 5.35. The van der Waals surface area contributed by atoms with Crippen molar-refractivity contribution in [1.82, 2.24) is 24.9 Å². The molecule has 0 unspecified atom stereocenters. The van der Waals surface area contributed by atoms with E-state index in [-0.39, 0.29) is 12.3 Å². The van der Waals surface area contributed by atoms with Gasteiger partial charge in [0.1, 0.15) is 0 Å². The number of hydrogen-bond donors (Lipinski definition) is 2. The predicted octanol–water partition coefficient (Wildman–Crippen LogP) is 3.38. The topological polar surface area (TPSA) is 106 Å². The average Bonchev–Trinajstić information content (AvgIpc) is 3.33. The number of anilines is 3. The molecule has 4 rings (SSSR count). The van der Waals surface area contributed by atoms with Crippen LogP contribution in [0.4, 0.5) is 16.2 Å². The molecule has 0 aliphatic rings. The van der Waals surface area contributed by atoms with Crippen molar-refractivity contribution >= 4 is 44.8 Å². The van der Waals surface area contributed by atoms with Gasteiger partial charge in [-0.1, -0.05) is 0 Å². The van der Waals surface area contributed by atoms with Crippen molar-refractivity contribution in [2.24, 2.45) is 0 Å². The van der Waals surface area contributed by atoms with E-state index in [0.717, 1.165) is 11.3 Å². The highest BCUT2D eigenvalue weighted by Crippen LogP contribution is 2.24. The second kappa shape index (κ2) is 7.98. The average molecular weight is 395 g/mol. The predicted molar refractivity (Wildman–Crippen MR) is 105 cm³/mol. The minimum Gasteiger partial charge on any atom is -0.302 e. The molecule has 0 fully saturated rings. The van der Waals surface area contributed by atoms with E-state index in [2.05, 4.69) is 35.6 Å².